The largest absolute Gasteiger partial charge is 0.382 e. The van der Waals surface area contributed by atoms with E-state index in [4.69, 9.17) is 5.73 Å². The average Bonchev–Trinajstić information content (AvgIpc) is 2.84. The lowest BCUT2D eigenvalue weighted by Gasteiger charge is -2.00. The molecule has 0 saturated heterocycles. The number of hydrogen-bond donors (Lipinski definition) is 2. The molecule has 2 rings (SSSR count). The Morgan fingerprint density at radius 3 is 3.07 bits per heavy atom. The molecule has 2 aromatic rings. The fraction of sp³-hybridized carbons (Fsp3) is 0.364. The maximum absolute atomic E-state index is 5.87. The molecule has 80 valence electrons. The number of aromatic amines is 1. The second-order valence-corrected chi connectivity index (χ2v) is 4.49. The van der Waals surface area contributed by atoms with Gasteiger partial charge in [0.05, 0.1) is 5.56 Å². The third kappa shape index (κ3) is 2.04. The topological polar surface area (TPSA) is 54.7 Å². The predicted molar refractivity (Wildman–Crippen MR) is 64.9 cm³/mol. The van der Waals surface area contributed by atoms with Crippen molar-refractivity contribution < 1.29 is 0 Å². The molecule has 3 nitrogen and oxygen atoms in total. The third-order valence-electron chi connectivity index (χ3n) is 2.42. The third-order valence-corrected chi connectivity index (χ3v) is 3.30. The number of hydrogen-bond acceptors (Lipinski definition) is 3. The highest BCUT2D eigenvalue weighted by Crippen LogP contribution is 2.32. The summed E-state index contributed by atoms with van der Waals surface area (Å²) in [6, 6.07) is 4.12. The van der Waals surface area contributed by atoms with E-state index in [2.05, 4.69) is 28.6 Å². The number of nitrogens with one attached hydrogen (secondary N) is 1. The lowest BCUT2D eigenvalue weighted by atomic mass is 10.1. The SMILES string of the molecule is CCCCc1[nH]nc(N)c1-c1cccs1. The van der Waals surface area contributed by atoms with Crippen molar-refractivity contribution in [2.24, 2.45) is 0 Å². The molecule has 0 spiro atoms. The van der Waals surface area contributed by atoms with Gasteiger partial charge < -0.3 is 5.73 Å². The van der Waals surface area contributed by atoms with E-state index >= 15 is 0 Å². The highest BCUT2D eigenvalue weighted by molar-refractivity contribution is 7.13. The molecule has 0 atom stereocenters. The first kappa shape index (κ1) is 10.2. The van der Waals surface area contributed by atoms with E-state index in [-0.39, 0.29) is 0 Å². The lowest BCUT2D eigenvalue weighted by Crippen LogP contribution is -1.89. The summed E-state index contributed by atoms with van der Waals surface area (Å²) in [5.41, 5.74) is 8.13. The van der Waals surface area contributed by atoms with Crippen LogP contribution < -0.4 is 5.73 Å². The number of thiophene rings is 1. The molecule has 15 heavy (non-hydrogen) atoms. The monoisotopic (exact) mass is 221 g/mol. The number of anilines is 1. The van der Waals surface area contributed by atoms with Gasteiger partial charge in [0.15, 0.2) is 5.82 Å². The number of unbranched alkanes of at least 4 members (excludes halogenated alkanes) is 1. The quantitative estimate of drug-likeness (QED) is 0.833. The molecule has 0 aliphatic rings. The van der Waals surface area contributed by atoms with Gasteiger partial charge in [0, 0.05) is 10.6 Å². The van der Waals surface area contributed by atoms with Crippen LogP contribution in [-0.2, 0) is 6.42 Å². The van der Waals surface area contributed by atoms with Crippen molar-refractivity contribution in [3.8, 4) is 10.4 Å². The van der Waals surface area contributed by atoms with Crippen molar-refractivity contribution in [2.75, 3.05) is 5.73 Å². The Balaban J connectivity index is 2.32. The summed E-state index contributed by atoms with van der Waals surface area (Å²) < 4.78 is 0. The van der Waals surface area contributed by atoms with Crippen LogP contribution in [0, 0.1) is 0 Å². The van der Waals surface area contributed by atoms with Gasteiger partial charge in [-0.15, -0.1) is 11.3 Å². The van der Waals surface area contributed by atoms with Gasteiger partial charge in [0.2, 0.25) is 0 Å². The maximum Gasteiger partial charge on any atom is 0.154 e. The summed E-state index contributed by atoms with van der Waals surface area (Å²) in [6.07, 6.45) is 3.37. The first-order chi connectivity index (χ1) is 7.33. The molecule has 0 amide bonds. The van der Waals surface area contributed by atoms with Crippen LogP contribution in [-0.4, -0.2) is 10.2 Å². The predicted octanol–water partition coefficient (Wildman–Crippen LogP) is 3.06. The van der Waals surface area contributed by atoms with Crippen LogP contribution in [0.4, 0.5) is 5.82 Å². The second-order valence-electron chi connectivity index (χ2n) is 3.54. The first-order valence-electron chi connectivity index (χ1n) is 5.19. The summed E-state index contributed by atoms with van der Waals surface area (Å²) >= 11 is 1.70. The van der Waals surface area contributed by atoms with Crippen LogP contribution in [0.25, 0.3) is 10.4 Å². The molecule has 2 heterocycles. The van der Waals surface area contributed by atoms with Crippen molar-refractivity contribution in [3.05, 3.63) is 23.2 Å². The highest BCUT2D eigenvalue weighted by atomic mass is 32.1. The van der Waals surface area contributed by atoms with Crippen molar-refractivity contribution in [2.45, 2.75) is 26.2 Å². The van der Waals surface area contributed by atoms with Crippen molar-refractivity contribution >= 4 is 17.2 Å². The first-order valence-corrected chi connectivity index (χ1v) is 6.07. The summed E-state index contributed by atoms with van der Waals surface area (Å²) in [5.74, 6) is 0.614. The van der Waals surface area contributed by atoms with Gasteiger partial charge in [0.25, 0.3) is 0 Å². The van der Waals surface area contributed by atoms with Gasteiger partial charge in [-0.2, -0.15) is 5.10 Å². The molecule has 3 N–H and O–H groups in total. The van der Waals surface area contributed by atoms with Crippen LogP contribution >= 0.6 is 11.3 Å². The van der Waals surface area contributed by atoms with E-state index in [9.17, 15) is 0 Å². The molecule has 0 aliphatic carbocycles. The number of aromatic nitrogens is 2. The Morgan fingerprint density at radius 2 is 2.40 bits per heavy atom. The lowest BCUT2D eigenvalue weighted by molar-refractivity contribution is 0.773. The Morgan fingerprint density at radius 1 is 1.53 bits per heavy atom. The van der Waals surface area contributed by atoms with Gasteiger partial charge in [-0.25, -0.2) is 0 Å². The molecule has 2 aromatic heterocycles. The van der Waals surface area contributed by atoms with Crippen LogP contribution in [0.5, 0.6) is 0 Å². The standard InChI is InChI=1S/C11H15N3S/c1-2-3-5-8-10(11(12)14-13-8)9-6-4-7-15-9/h4,6-7H,2-3,5H2,1H3,(H3,12,13,14). The molecular formula is C11H15N3S. The van der Waals surface area contributed by atoms with Gasteiger partial charge in [0.1, 0.15) is 0 Å². The van der Waals surface area contributed by atoms with Crippen LogP contribution in [0.2, 0.25) is 0 Å². The van der Waals surface area contributed by atoms with E-state index in [1.54, 1.807) is 11.3 Å². The molecule has 0 bridgehead atoms. The molecule has 0 aromatic carbocycles. The Kier molecular flexibility index (Phi) is 3.06. The number of nitrogens with zero attached hydrogens (tertiary/aromatic N) is 1. The summed E-state index contributed by atoms with van der Waals surface area (Å²) in [7, 11) is 0. The molecule has 0 radical (unpaired) electrons. The Labute approximate surface area is 93.3 Å². The van der Waals surface area contributed by atoms with Gasteiger partial charge in [-0.3, -0.25) is 5.10 Å². The molecular weight excluding hydrogens is 206 g/mol. The van der Waals surface area contributed by atoms with E-state index in [1.165, 1.54) is 17.7 Å². The summed E-state index contributed by atoms with van der Waals surface area (Å²) in [6.45, 7) is 2.19. The molecule has 0 aliphatic heterocycles. The summed E-state index contributed by atoms with van der Waals surface area (Å²) in [5, 5.41) is 9.17. The second kappa shape index (κ2) is 4.49. The zero-order valence-corrected chi connectivity index (χ0v) is 9.60. The number of H-pyrrole nitrogens is 1. The molecule has 0 unspecified atom stereocenters. The minimum atomic E-state index is 0.614. The van der Waals surface area contributed by atoms with Crippen LogP contribution in [0.15, 0.2) is 17.5 Å². The number of rotatable bonds is 4. The van der Waals surface area contributed by atoms with Crippen molar-refractivity contribution in [3.63, 3.8) is 0 Å². The molecule has 0 fully saturated rings. The molecule has 4 heteroatoms. The maximum atomic E-state index is 5.87. The number of nitrogens with two attached hydrogens (primary N) is 1. The van der Waals surface area contributed by atoms with Crippen LogP contribution in [0.1, 0.15) is 25.5 Å². The van der Waals surface area contributed by atoms with E-state index in [0.717, 1.165) is 17.7 Å². The zero-order chi connectivity index (χ0) is 10.7. The van der Waals surface area contributed by atoms with Crippen molar-refractivity contribution in [1.29, 1.82) is 0 Å². The van der Waals surface area contributed by atoms with E-state index in [0.29, 0.717) is 5.82 Å². The minimum Gasteiger partial charge on any atom is -0.382 e. The fourth-order valence-corrected chi connectivity index (χ4v) is 2.43. The smallest absolute Gasteiger partial charge is 0.154 e. The fourth-order valence-electron chi connectivity index (χ4n) is 1.62. The Hall–Kier alpha value is -1.29. The van der Waals surface area contributed by atoms with Gasteiger partial charge in [-0.05, 0) is 24.3 Å². The Bertz CT molecular complexity index is 417. The molecule has 0 saturated carbocycles. The van der Waals surface area contributed by atoms with E-state index in [1.807, 2.05) is 6.07 Å². The minimum absolute atomic E-state index is 0.614. The zero-order valence-electron chi connectivity index (χ0n) is 8.79. The normalized spacial score (nSPS) is 10.7. The van der Waals surface area contributed by atoms with Gasteiger partial charge >= 0.3 is 0 Å². The average molecular weight is 221 g/mol. The number of nitrogen functional groups attached to an aromatic ring is 1. The van der Waals surface area contributed by atoms with E-state index < -0.39 is 0 Å². The van der Waals surface area contributed by atoms with Gasteiger partial charge in [-0.1, -0.05) is 19.4 Å². The number of aryl methyl sites for hydroxylation is 1. The van der Waals surface area contributed by atoms with Crippen molar-refractivity contribution in [1.82, 2.24) is 10.2 Å². The summed E-state index contributed by atoms with van der Waals surface area (Å²) in [4.78, 5) is 1.20. The van der Waals surface area contributed by atoms with Crippen LogP contribution in [0.3, 0.4) is 0 Å². The highest BCUT2D eigenvalue weighted by Gasteiger charge is 2.12.